The molecule has 2 N–H and O–H groups in total. The van der Waals surface area contributed by atoms with E-state index in [0.717, 1.165) is 16.3 Å². The molecule has 1 unspecified atom stereocenters. The predicted molar refractivity (Wildman–Crippen MR) is 102 cm³/mol. The lowest BCUT2D eigenvalue weighted by molar-refractivity contribution is 0.0940. The molecule has 0 radical (unpaired) electrons. The first-order valence-electron chi connectivity index (χ1n) is 8.39. The minimum Gasteiger partial charge on any atom is -0.346 e. The Hall–Kier alpha value is -3.47. The van der Waals surface area contributed by atoms with Crippen LogP contribution in [0.4, 0.5) is 0 Å². The van der Waals surface area contributed by atoms with Gasteiger partial charge in [-0.2, -0.15) is 0 Å². The van der Waals surface area contributed by atoms with Crippen molar-refractivity contribution in [3.05, 3.63) is 88.5 Å². The lowest BCUT2D eigenvalue weighted by Crippen LogP contribution is -2.26. The summed E-state index contributed by atoms with van der Waals surface area (Å²) in [5.74, 6) is -0.211. The number of rotatable bonds is 3. The molecule has 2 heterocycles. The number of aromatic nitrogens is 2. The lowest BCUT2D eigenvalue weighted by atomic mass is 10.0. The van der Waals surface area contributed by atoms with Crippen molar-refractivity contribution >= 4 is 27.6 Å². The number of hydrogen-bond donors (Lipinski definition) is 2. The fraction of sp³-hybridized carbons (Fsp3) is 0.0952. The summed E-state index contributed by atoms with van der Waals surface area (Å²) in [5.41, 5.74) is 1.93. The van der Waals surface area contributed by atoms with Gasteiger partial charge in [0, 0.05) is 22.5 Å². The van der Waals surface area contributed by atoms with Crippen LogP contribution in [0.1, 0.15) is 28.9 Å². The molecule has 0 aliphatic carbocycles. The maximum Gasteiger partial charge on any atom is 0.256 e. The van der Waals surface area contributed by atoms with Crippen molar-refractivity contribution in [1.82, 2.24) is 15.3 Å². The van der Waals surface area contributed by atoms with Crippen LogP contribution in [0.3, 0.4) is 0 Å². The van der Waals surface area contributed by atoms with E-state index >= 15 is 0 Å². The van der Waals surface area contributed by atoms with Crippen molar-refractivity contribution in [3.63, 3.8) is 0 Å². The van der Waals surface area contributed by atoms with Crippen molar-refractivity contribution in [1.29, 1.82) is 0 Å². The van der Waals surface area contributed by atoms with Gasteiger partial charge < -0.3 is 10.3 Å². The summed E-state index contributed by atoms with van der Waals surface area (Å²) < 4.78 is 0. The summed E-state index contributed by atoms with van der Waals surface area (Å²) in [6.07, 6.45) is 3.31. The number of fused-ring (bicyclic) bond motifs is 3. The maximum atomic E-state index is 12.6. The topological polar surface area (TPSA) is 74.8 Å². The zero-order chi connectivity index (χ0) is 18.1. The molecule has 0 fully saturated rings. The molecule has 0 saturated carbocycles. The second-order valence-corrected chi connectivity index (χ2v) is 6.24. The van der Waals surface area contributed by atoms with Gasteiger partial charge in [0.1, 0.15) is 0 Å². The molecule has 0 aliphatic heterocycles. The van der Waals surface area contributed by atoms with Crippen LogP contribution in [0.2, 0.25) is 0 Å². The maximum absolute atomic E-state index is 12.6. The van der Waals surface area contributed by atoms with E-state index in [1.807, 2.05) is 49.4 Å². The van der Waals surface area contributed by atoms with E-state index in [2.05, 4.69) is 15.3 Å². The third kappa shape index (κ3) is 2.84. The monoisotopic (exact) mass is 343 g/mol. The molecule has 4 rings (SSSR count). The van der Waals surface area contributed by atoms with E-state index in [1.54, 1.807) is 24.5 Å². The van der Waals surface area contributed by atoms with Gasteiger partial charge in [-0.15, -0.1) is 0 Å². The number of nitrogens with zero attached hydrogens (tertiary/aromatic N) is 1. The number of amides is 1. The van der Waals surface area contributed by atoms with Crippen LogP contribution in [0.15, 0.2) is 71.8 Å². The molecule has 5 heteroatoms. The highest BCUT2D eigenvalue weighted by molar-refractivity contribution is 6.07. The van der Waals surface area contributed by atoms with E-state index in [1.165, 1.54) is 0 Å². The normalized spacial score (nSPS) is 12.2. The molecule has 0 aliphatic rings. The van der Waals surface area contributed by atoms with E-state index in [-0.39, 0.29) is 17.5 Å². The Morgan fingerprint density at radius 2 is 1.85 bits per heavy atom. The zero-order valence-electron chi connectivity index (χ0n) is 14.2. The van der Waals surface area contributed by atoms with E-state index in [9.17, 15) is 9.59 Å². The Kier molecular flexibility index (Phi) is 3.97. The molecule has 1 atom stereocenters. The highest BCUT2D eigenvalue weighted by Crippen LogP contribution is 2.21. The highest BCUT2D eigenvalue weighted by Gasteiger charge is 2.13. The van der Waals surface area contributed by atoms with Crippen LogP contribution in [0.25, 0.3) is 21.7 Å². The standard InChI is InChI=1S/C21H17N3O2/c1-13(14-5-3-2-4-6-14)23-20(25)15-7-8-16-17-9-10-22-12-19(17)24-21(26)18(16)11-15/h2-13H,1H3,(H,23,25)(H,24,26). The van der Waals surface area contributed by atoms with Crippen molar-refractivity contribution in [2.45, 2.75) is 13.0 Å². The summed E-state index contributed by atoms with van der Waals surface area (Å²) >= 11 is 0. The molecule has 4 aromatic rings. The Labute approximate surface area is 149 Å². The van der Waals surface area contributed by atoms with Gasteiger partial charge in [-0.25, -0.2) is 0 Å². The molecule has 128 valence electrons. The molecule has 2 aromatic carbocycles. The Morgan fingerprint density at radius 3 is 2.65 bits per heavy atom. The first-order chi connectivity index (χ1) is 12.6. The molecular formula is C21H17N3O2. The second-order valence-electron chi connectivity index (χ2n) is 6.24. The first kappa shape index (κ1) is 16.0. The average Bonchev–Trinajstić information content (AvgIpc) is 2.68. The summed E-state index contributed by atoms with van der Waals surface area (Å²) in [5, 5.41) is 5.17. The van der Waals surface area contributed by atoms with Gasteiger partial charge in [0.05, 0.1) is 17.8 Å². The quantitative estimate of drug-likeness (QED) is 0.559. The van der Waals surface area contributed by atoms with Gasteiger partial charge in [-0.1, -0.05) is 36.4 Å². The second kappa shape index (κ2) is 6.44. The number of hydrogen-bond acceptors (Lipinski definition) is 3. The zero-order valence-corrected chi connectivity index (χ0v) is 14.2. The van der Waals surface area contributed by atoms with E-state index in [4.69, 9.17) is 0 Å². The van der Waals surface area contributed by atoms with Gasteiger partial charge >= 0.3 is 0 Å². The summed E-state index contributed by atoms with van der Waals surface area (Å²) in [6.45, 7) is 1.93. The number of benzene rings is 2. The summed E-state index contributed by atoms with van der Waals surface area (Å²) in [4.78, 5) is 31.9. The predicted octanol–water partition coefficient (Wildman–Crippen LogP) is 3.57. The molecule has 0 bridgehead atoms. The molecule has 5 nitrogen and oxygen atoms in total. The van der Waals surface area contributed by atoms with Crippen LogP contribution in [-0.2, 0) is 0 Å². The van der Waals surface area contributed by atoms with Crippen LogP contribution < -0.4 is 10.9 Å². The fourth-order valence-electron chi connectivity index (χ4n) is 3.13. The number of carbonyl (C=O) groups is 1. The summed E-state index contributed by atoms with van der Waals surface area (Å²) in [7, 11) is 0. The SMILES string of the molecule is CC(NC(=O)c1ccc2c(c1)c(=O)[nH]c1cnccc12)c1ccccc1. The minimum absolute atomic E-state index is 0.125. The van der Waals surface area contributed by atoms with Gasteiger partial charge in [-0.3, -0.25) is 14.6 Å². The average molecular weight is 343 g/mol. The molecule has 2 aromatic heterocycles. The molecule has 0 saturated heterocycles. The number of carbonyl (C=O) groups excluding carboxylic acids is 1. The van der Waals surface area contributed by atoms with Crippen LogP contribution in [-0.4, -0.2) is 15.9 Å². The van der Waals surface area contributed by atoms with Crippen LogP contribution in [0, 0.1) is 0 Å². The van der Waals surface area contributed by atoms with Crippen molar-refractivity contribution < 1.29 is 4.79 Å². The number of pyridine rings is 2. The van der Waals surface area contributed by atoms with Crippen LogP contribution in [0.5, 0.6) is 0 Å². The minimum atomic E-state index is -0.230. The van der Waals surface area contributed by atoms with Gasteiger partial charge in [0.2, 0.25) is 0 Å². The van der Waals surface area contributed by atoms with Gasteiger partial charge in [-0.05, 0) is 36.1 Å². The third-order valence-corrected chi connectivity index (χ3v) is 4.53. The summed E-state index contributed by atoms with van der Waals surface area (Å²) in [6, 6.07) is 16.7. The van der Waals surface area contributed by atoms with Crippen molar-refractivity contribution in [3.8, 4) is 0 Å². The highest BCUT2D eigenvalue weighted by atomic mass is 16.1. The van der Waals surface area contributed by atoms with Crippen molar-refractivity contribution in [2.75, 3.05) is 0 Å². The number of aromatic amines is 1. The number of H-pyrrole nitrogens is 1. The van der Waals surface area contributed by atoms with E-state index in [0.29, 0.717) is 16.5 Å². The largest absolute Gasteiger partial charge is 0.346 e. The van der Waals surface area contributed by atoms with Crippen LogP contribution >= 0.6 is 0 Å². The third-order valence-electron chi connectivity index (χ3n) is 4.53. The van der Waals surface area contributed by atoms with Crippen molar-refractivity contribution in [2.24, 2.45) is 0 Å². The molecule has 1 amide bonds. The Morgan fingerprint density at radius 1 is 1.04 bits per heavy atom. The Bertz CT molecular complexity index is 1170. The first-order valence-corrected chi connectivity index (χ1v) is 8.39. The van der Waals surface area contributed by atoms with Gasteiger partial charge in [0.15, 0.2) is 0 Å². The fourth-order valence-corrected chi connectivity index (χ4v) is 3.13. The molecule has 26 heavy (non-hydrogen) atoms. The Balaban J connectivity index is 1.71. The molecular weight excluding hydrogens is 326 g/mol. The van der Waals surface area contributed by atoms with E-state index < -0.39 is 0 Å². The number of nitrogens with one attached hydrogen (secondary N) is 2. The molecule has 0 spiro atoms. The lowest BCUT2D eigenvalue weighted by Gasteiger charge is -2.14. The smallest absolute Gasteiger partial charge is 0.256 e. The van der Waals surface area contributed by atoms with Gasteiger partial charge in [0.25, 0.3) is 11.5 Å².